The Hall–Kier alpha value is -3.93. The lowest BCUT2D eigenvalue weighted by Gasteiger charge is -2.27. The van der Waals surface area contributed by atoms with Gasteiger partial charge in [-0.05, 0) is 47.6 Å². The van der Waals surface area contributed by atoms with Crippen LogP contribution in [-0.2, 0) is 16.9 Å². The van der Waals surface area contributed by atoms with Gasteiger partial charge in [-0.15, -0.1) is 0 Å². The van der Waals surface area contributed by atoms with Crippen LogP contribution in [0.1, 0.15) is 59.2 Å². The van der Waals surface area contributed by atoms with Crippen LogP contribution in [0.25, 0.3) is 0 Å². The van der Waals surface area contributed by atoms with Crippen LogP contribution in [-0.4, -0.2) is 29.2 Å². The van der Waals surface area contributed by atoms with Crippen LogP contribution in [0.5, 0.6) is 0 Å². The third-order valence-corrected chi connectivity index (χ3v) is 7.30. The van der Waals surface area contributed by atoms with Gasteiger partial charge in [0.15, 0.2) is 11.5 Å². The summed E-state index contributed by atoms with van der Waals surface area (Å²) in [7, 11) is 0. The van der Waals surface area contributed by atoms with E-state index >= 15 is 0 Å². The molecular weight excluding hydrogens is 448 g/mol. The lowest BCUT2D eigenvalue weighted by Crippen LogP contribution is -2.43. The summed E-state index contributed by atoms with van der Waals surface area (Å²) in [4.78, 5) is 33.1. The van der Waals surface area contributed by atoms with Crippen molar-refractivity contribution in [2.45, 2.75) is 44.2 Å². The molecule has 3 aromatic rings. The number of hydrogen-bond acceptors (Lipinski definition) is 4. The summed E-state index contributed by atoms with van der Waals surface area (Å²) >= 11 is 0. The molecule has 3 N–H and O–H groups in total. The quantitative estimate of drug-likeness (QED) is 0.518. The second-order valence-corrected chi connectivity index (χ2v) is 9.72. The summed E-state index contributed by atoms with van der Waals surface area (Å²) in [5.74, 6) is 0.442. The maximum atomic E-state index is 14.0. The fraction of sp³-hybridized carbons (Fsp3) is 0.300. The standard InChI is InChI=1S/C30H32N4O2/c31-29-33-30(25-15-6-2-7-16-25,26-17-8-3-9-18-26)28(36)34(29)21-23-13-10-14-24(19-23)27(35)32-20-22-11-4-1-5-12-22/h2-3,6-10,13-19,22H,1,4-5,11-12,20-21H2,(H2,31,33)(H,32,35). The number of guanidine groups is 1. The predicted octanol–water partition coefficient (Wildman–Crippen LogP) is 4.60. The maximum absolute atomic E-state index is 14.0. The number of carbonyl (C=O) groups is 2. The van der Waals surface area contributed by atoms with Gasteiger partial charge in [0, 0.05) is 12.1 Å². The van der Waals surface area contributed by atoms with E-state index in [2.05, 4.69) is 5.32 Å². The smallest absolute Gasteiger partial charge is 0.266 e. The van der Waals surface area contributed by atoms with Crippen molar-refractivity contribution in [2.24, 2.45) is 16.6 Å². The van der Waals surface area contributed by atoms with Crippen LogP contribution in [0.15, 0.2) is 89.9 Å². The number of nitrogens with two attached hydrogens (primary N) is 1. The first kappa shape index (κ1) is 23.8. The summed E-state index contributed by atoms with van der Waals surface area (Å²) in [6.45, 7) is 0.948. The summed E-state index contributed by atoms with van der Waals surface area (Å²) in [5, 5.41) is 3.10. The fourth-order valence-corrected chi connectivity index (χ4v) is 5.36. The van der Waals surface area contributed by atoms with Crippen molar-refractivity contribution < 1.29 is 9.59 Å². The van der Waals surface area contributed by atoms with Crippen LogP contribution in [0, 0.1) is 5.92 Å². The Morgan fingerprint density at radius 1 is 0.917 bits per heavy atom. The molecule has 0 radical (unpaired) electrons. The Bertz CT molecular complexity index is 1210. The monoisotopic (exact) mass is 480 g/mol. The average molecular weight is 481 g/mol. The van der Waals surface area contributed by atoms with Crippen molar-refractivity contribution >= 4 is 17.8 Å². The Kier molecular flexibility index (Phi) is 6.85. The molecule has 36 heavy (non-hydrogen) atoms. The number of rotatable bonds is 7. The zero-order valence-electron chi connectivity index (χ0n) is 20.4. The first-order chi connectivity index (χ1) is 17.6. The van der Waals surface area contributed by atoms with E-state index < -0.39 is 5.54 Å². The van der Waals surface area contributed by atoms with Gasteiger partial charge in [-0.3, -0.25) is 14.5 Å². The molecule has 6 nitrogen and oxygen atoms in total. The van der Waals surface area contributed by atoms with Gasteiger partial charge in [0.1, 0.15) is 0 Å². The molecule has 1 fully saturated rings. The molecule has 0 bridgehead atoms. The summed E-state index contributed by atoms with van der Waals surface area (Å²) < 4.78 is 0. The number of amides is 2. The van der Waals surface area contributed by atoms with Crippen molar-refractivity contribution in [3.8, 4) is 0 Å². The largest absolute Gasteiger partial charge is 0.369 e. The first-order valence-electron chi connectivity index (χ1n) is 12.7. The second-order valence-electron chi connectivity index (χ2n) is 9.72. The predicted molar refractivity (Wildman–Crippen MR) is 141 cm³/mol. The highest BCUT2D eigenvalue weighted by atomic mass is 16.2. The minimum atomic E-state index is -1.23. The summed E-state index contributed by atoms with van der Waals surface area (Å²) in [6.07, 6.45) is 6.15. The van der Waals surface area contributed by atoms with E-state index in [-0.39, 0.29) is 24.3 Å². The zero-order chi connectivity index (χ0) is 25.0. The normalized spacial score (nSPS) is 17.6. The fourth-order valence-electron chi connectivity index (χ4n) is 5.36. The lowest BCUT2D eigenvalue weighted by atomic mass is 9.83. The Morgan fingerprint density at radius 3 is 2.19 bits per heavy atom. The molecule has 2 aliphatic rings. The molecular formula is C30H32N4O2. The van der Waals surface area contributed by atoms with E-state index in [0.717, 1.165) is 16.7 Å². The third-order valence-electron chi connectivity index (χ3n) is 7.30. The van der Waals surface area contributed by atoms with E-state index in [0.29, 0.717) is 18.0 Å². The molecule has 3 aromatic carbocycles. The van der Waals surface area contributed by atoms with E-state index in [1.165, 1.54) is 37.0 Å². The maximum Gasteiger partial charge on any atom is 0.266 e. The van der Waals surface area contributed by atoms with Crippen molar-refractivity contribution in [1.29, 1.82) is 0 Å². The highest BCUT2D eigenvalue weighted by Gasteiger charge is 2.50. The molecule has 1 aliphatic heterocycles. The second kappa shape index (κ2) is 10.4. The van der Waals surface area contributed by atoms with Gasteiger partial charge in [-0.25, -0.2) is 4.99 Å². The van der Waals surface area contributed by atoms with Crippen molar-refractivity contribution in [3.63, 3.8) is 0 Å². The minimum absolute atomic E-state index is 0.0836. The molecule has 1 heterocycles. The summed E-state index contributed by atoms with van der Waals surface area (Å²) in [6, 6.07) is 26.4. The van der Waals surface area contributed by atoms with Crippen LogP contribution in [0.2, 0.25) is 0 Å². The Morgan fingerprint density at radius 2 is 1.56 bits per heavy atom. The van der Waals surface area contributed by atoms with Gasteiger partial charge >= 0.3 is 0 Å². The van der Waals surface area contributed by atoms with Crippen LogP contribution >= 0.6 is 0 Å². The van der Waals surface area contributed by atoms with Gasteiger partial charge in [-0.1, -0.05) is 92.1 Å². The molecule has 0 atom stereocenters. The Balaban J connectivity index is 1.36. The Labute approximate surface area is 212 Å². The van der Waals surface area contributed by atoms with Crippen molar-refractivity contribution in [3.05, 3.63) is 107 Å². The highest BCUT2D eigenvalue weighted by molar-refractivity contribution is 6.09. The molecule has 1 saturated carbocycles. The molecule has 0 aromatic heterocycles. The van der Waals surface area contributed by atoms with Crippen molar-refractivity contribution in [1.82, 2.24) is 10.2 Å². The molecule has 0 unspecified atom stereocenters. The van der Waals surface area contributed by atoms with E-state index in [1.807, 2.05) is 78.9 Å². The topological polar surface area (TPSA) is 87.8 Å². The number of benzene rings is 3. The highest BCUT2D eigenvalue weighted by Crippen LogP contribution is 2.40. The zero-order valence-corrected chi connectivity index (χ0v) is 20.4. The molecule has 2 amide bonds. The van der Waals surface area contributed by atoms with Gasteiger partial charge in [-0.2, -0.15) is 0 Å². The number of nitrogens with one attached hydrogen (secondary N) is 1. The van der Waals surface area contributed by atoms with Crippen LogP contribution in [0.4, 0.5) is 0 Å². The van der Waals surface area contributed by atoms with Gasteiger partial charge in [0.25, 0.3) is 11.8 Å². The number of hydrogen-bond donors (Lipinski definition) is 2. The number of carbonyl (C=O) groups excluding carboxylic acids is 2. The van der Waals surface area contributed by atoms with E-state index in [9.17, 15) is 9.59 Å². The van der Waals surface area contributed by atoms with Gasteiger partial charge < -0.3 is 11.1 Å². The van der Waals surface area contributed by atoms with E-state index in [1.54, 1.807) is 6.07 Å². The molecule has 1 aliphatic carbocycles. The average Bonchev–Trinajstić information content (AvgIpc) is 3.19. The van der Waals surface area contributed by atoms with Gasteiger partial charge in [0.2, 0.25) is 0 Å². The van der Waals surface area contributed by atoms with Gasteiger partial charge in [0.05, 0.1) is 6.54 Å². The first-order valence-corrected chi connectivity index (χ1v) is 12.7. The molecule has 5 rings (SSSR count). The molecule has 184 valence electrons. The third kappa shape index (κ3) is 4.63. The number of aliphatic imine (C=N–C) groups is 1. The molecule has 0 saturated heterocycles. The SMILES string of the molecule is NC1=NC(c2ccccc2)(c2ccccc2)C(=O)N1Cc1cccc(C(=O)NCC2CCCCC2)c1. The van der Waals surface area contributed by atoms with Crippen LogP contribution < -0.4 is 11.1 Å². The number of nitrogens with zero attached hydrogens (tertiary/aromatic N) is 2. The van der Waals surface area contributed by atoms with E-state index in [4.69, 9.17) is 10.7 Å². The van der Waals surface area contributed by atoms with Crippen LogP contribution in [0.3, 0.4) is 0 Å². The lowest BCUT2D eigenvalue weighted by molar-refractivity contribution is -0.130. The van der Waals surface area contributed by atoms with Crippen molar-refractivity contribution in [2.75, 3.05) is 6.54 Å². The molecule has 0 spiro atoms. The minimum Gasteiger partial charge on any atom is -0.369 e. The molecule has 6 heteroatoms. The summed E-state index contributed by atoms with van der Waals surface area (Å²) in [5.41, 5.74) is 8.08.